The van der Waals surface area contributed by atoms with Crippen molar-refractivity contribution in [3.05, 3.63) is 34.0 Å². The van der Waals surface area contributed by atoms with Crippen LogP contribution in [0, 0.1) is 0 Å². The molecule has 0 radical (unpaired) electrons. The molecule has 2 aromatic rings. The van der Waals surface area contributed by atoms with E-state index in [2.05, 4.69) is 20.3 Å². The van der Waals surface area contributed by atoms with Crippen molar-refractivity contribution in [2.45, 2.75) is 32.4 Å². The lowest BCUT2D eigenvalue weighted by Crippen LogP contribution is -2.47. The van der Waals surface area contributed by atoms with Crippen LogP contribution in [0.4, 0.5) is 0 Å². The number of nitrogens with one attached hydrogen (secondary N) is 1. The summed E-state index contributed by atoms with van der Waals surface area (Å²) in [5.41, 5.74) is 1.11. The van der Waals surface area contributed by atoms with Crippen molar-refractivity contribution >= 4 is 23.0 Å². The molecule has 0 aromatic carbocycles. The molecule has 0 bridgehead atoms. The highest BCUT2D eigenvalue weighted by Gasteiger charge is 2.25. The van der Waals surface area contributed by atoms with E-state index in [1.165, 1.54) is 17.7 Å². The Labute approximate surface area is 162 Å². The molecule has 3 rings (SSSR count). The Balaban J connectivity index is 1.49. The lowest BCUT2D eigenvalue weighted by atomic mass is 10.1. The number of carbonyl (C=O) groups is 2. The number of morpholine rings is 1. The normalized spacial score (nSPS) is 17.8. The van der Waals surface area contributed by atoms with E-state index in [1.54, 1.807) is 11.6 Å². The highest BCUT2D eigenvalue weighted by atomic mass is 32.1. The van der Waals surface area contributed by atoms with Crippen LogP contribution in [0.1, 0.15) is 34.4 Å². The second kappa shape index (κ2) is 9.20. The molecule has 146 valence electrons. The third kappa shape index (κ3) is 5.44. The molecule has 0 aliphatic carbocycles. The molecule has 3 heterocycles. The third-order valence-electron chi connectivity index (χ3n) is 4.63. The fourth-order valence-electron chi connectivity index (χ4n) is 3.11. The Morgan fingerprint density at radius 1 is 1.44 bits per heavy atom. The van der Waals surface area contributed by atoms with E-state index >= 15 is 0 Å². The van der Waals surface area contributed by atoms with E-state index in [0.717, 1.165) is 29.4 Å². The predicted molar refractivity (Wildman–Crippen MR) is 102 cm³/mol. The molecule has 27 heavy (non-hydrogen) atoms. The molecular formula is C18H25N5O3S. The molecule has 2 aromatic heterocycles. The van der Waals surface area contributed by atoms with Crippen LogP contribution in [0.15, 0.2) is 17.8 Å². The van der Waals surface area contributed by atoms with Gasteiger partial charge in [-0.3, -0.25) is 19.2 Å². The van der Waals surface area contributed by atoms with Crippen LogP contribution < -0.4 is 5.32 Å². The van der Waals surface area contributed by atoms with Gasteiger partial charge in [0.1, 0.15) is 12.2 Å². The van der Waals surface area contributed by atoms with Gasteiger partial charge in [0.15, 0.2) is 5.78 Å². The summed E-state index contributed by atoms with van der Waals surface area (Å²) in [5, 5.41) is 8.99. The molecule has 0 saturated carbocycles. The number of hydrogen-bond acceptors (Lipinski definition) is 7. The van der Waals surface area contributed by atoms with E-state index in [-0.39, 0.29) is 17.7 Å². The van der Waals surface area contributed by atoms with Gasteiger partial charge in [0.2, 0.25) is 5.91 Å². The molecular weight excluding hydrogens is 366 g/mol. The highest BCUT2D eigenvalue weighted by Crippen LogP contribution is 2.20. The van der Waals surface area contributed by atoms with Gasteiger partial charge in [0.05, 0.1) is 18.1 Å². The maximum atomic E-state index is 12.3. The van der Waals surface area contributed by atoms with Crippen molar-refractivity contribution < 1.29 is 14.3 Å². The number of ether oxygens (including phenoxy) is 1. The number of aromatic nitrogens is 3. The van der Waals surface area contributed by atoms with E-state index in [1.807, 2.05) is 18.5 Å². The number of thiophene rings is 1. The molecule has 9 heteroatoms. The van der Waals surface area contributed by atoms with Crippen LogP contribution in [0.5, 0.6) is 0 Å². The summed E-state index contributed by atoms with van der Waals surface area (Å²) < 4.78 is 7.29. The average molecular weight is 391 g/mol. The lowest BCUT2D eigenvalue weighted by Gasteiger charge is -2.35. The molecule has 1 unspecified atom stereocenters. The third-order valence-corrected chi connectivity index (χ3v) is 5.71. The standard InChI is InChI=1S/C18H25N5O3S/c1-13(24)16-7-14(11-27-16)9-23-5-6-26-10-15(23)8-18(25)19-4-3-17-20-12-21-22(17)2/h7,11-12,15H,3-6,8-10H2,1-2H3,(H,19,25). The molecule has 1 atom stereocenters. The number of rotatable bonds is 8. The number of ketones is 1. The SMILES string of the molecule is CC(=O)c1cc(CN2CCOCC2CC(=O)NCCc2ncnn2C)cs1. The topological polar surface area (TPSA) is 89.3 Å². The Hall–Kier alpha value is -2.10. The summed E-state index contributed by atoms with van der Waals surface area (Å²) in [6, 6.07) is 1.98. The first kappa shape index (κ1) is 19.7. The zero-order valence-corrected chi connectivity index (χ0v) is 16.5. The zero-order chi connectivity index (χ0) is 19.2. The van der Waals surface area contributed by atoms with E-state index in [4.69, 9.17) is 4.74 Å². The van der Waals surface area contributed by atoms with E-state index < -0.39 is 0 Å². The molecule has 1 saturated heterocycles. The monoisotopic (exact) mass is 391 g/mol. The average Bonchev–Trinajstić information content (AvgIpc) is 3.26. The summed E-state index contributed by atoms with van der Waals surface area (Å²) >= 11 is 1.47. The maximum Gasteiger partial charge on any atom is 0.221 e. The fourth-order valence-corrected chi connectivity index (χ4v) is 3.92. The smallest absolute Gasteiger partial charge is 0.221 e. The summed E-state index contributed by atoms with van der Waals surface area (Å²) in [5.74, 6) is 0.941. The molecule has 0 spiro atoms. The Morgan fingerprint density at radius 3 is 3.00 bits per heavy atom. The second-order valence-corrected chi connectivity index (χ2v) is 7.59. The number of hydrogen-bond donors (Lipinski definition) is 1. The first-order valence-electron chi connectivity index (χ1n) is 9.02. The summed E-state index contributed by atoms with van der Waals surface area (Å²) in [4.78, 5) is 31.0. The van der Waals surface area contributed by atoms with Crippen LogP contribution >= 0.6 is 11.3 Å². The summed E-state index contributed by atoms with van der Waals surface area (Å²) in [6.07, 6.45) is 2.55. The number of nitrogens with zero attached hydrogens (tertiary/aromatic N) is 4. The lowest BCUT2D eigenvalue weighted by molar-refractivity contribution is -0.124. The van der Waals surface area contributed by atoms with Gasteiger partial charge in [-0.25, -0.2) is 4.98 Å². The zero-order valence-electron chi connectivity index (χ0n) is 15.7. The van der Waals surface area contributed by atoms with E-state index in [0.29, 0.717) is 32.6 Å². The van der Waals surface area contributed by atoms with Gasteiger partial charge in [-0.1, -0.05) is 0 Å². The molecule has 1 amide bonds. The minimum atomic E-state index is 0.00686. The van der Waals surface area contributed by atoms with Crippen molar-refractivity contribution in [3.8, 4) is 0 Å². The molecule has 8 nitrogen and oxygen atoms in total. The number of Topliss-reactive ketones (excluding diaryl/α,β-unsaturated/α-hetero) is 1. The number of amides is 1. The largest absolute Gasteiger partial charge is 0.378 e. The molecule has 1 aliphatic heterocycles. The van der Waals surface area contributed by atoms with Gasteiger partial charge in [-0.15, -0.1) is 11.3 Å². The molecule has 1 N–H and O–H groups in total. The van der Waals surface area contributed by atoms with Crippen LogP contribution in [0.25, 0.3) is 0 Å². The minimum absolute atomic E-state index is 0.00686. The number of aryl methyl sites for hydroxylation is 1. The first-order valence-corrected chi connectivity index (χ1v) is 9.90. The Bertz CT molecular complexity index is 788. The van der Waals surface area contributed by atoms with Gasteiger partial charge in [0.25, 0.3) is 0 Å². The van der Waals surface area contributed by atoms with Crippen molar-refractivity contribution in [3.63, 3.8) is 0 Å². The van der Waals surface area contributed by atoms with Gasteiger partial charge in [-0.2, -0.15) is 5.10 Å². The predicted octanol–water partition coefficient (Wildman–Crippen LogP) is 1.03. The van der Waals surface area contributed by atoms with Gasteiger partial charge < -0.3 is 10.1 Å². The van der Waals surface area contributed by atoms with E-state index in [9.17, 15) is 9.59 Å². The van der Waals surface area contributed by atoms with Crippen LogP contribution in [-0.2, 0) is 29.5 Å². The van der Waals surface area contributed by atoms with Gasteiger partial charge in [-0.05, 0) is 23.9 Å². The summed E-state index contributed by atoms with van der Waals surface area (Å²) in [6.45, 7) is 4.82. The van der Waals surface area contributed by atoms with Crippen molar-refractivity contribution in [1.82, 2.24) is 25.0 Å². The molecule has 1 aliphatic rings. The van der Waals surface area contributed by atoms with Gasteiger partial charge >= 0.3 is 0 Å². The quantitative estimate of drug-likeness (QED) is 0.676. The Morgan fingerprint density at radius 2 is 2.30 bits per heavy atom. The van der Waals surface area contributed by atoms with Crippen LogP contribution in [0.2, 0.25) is 0 Å². The van der Waals surface area contributed by atoms with Crippen molar-refractivity contribution in [2.75, 3.05) is 26.3 Å². The first-order chi connectivity index (χ1) is 13.0. The minimum Gasteiger partial charge on any atom is -0.378 e. The van der Waals surface area contributed by atoms with Crippen molar-refractivity contribution in [2.24, 2.45) is 7.05 Å². The van der Waals surface area contributed by atoms with Gasteiger partial charge in [0, 0.05) is 45.6 Å². The Kier molecular flexibility index (Phi) is 6.70. The number of carbonyl (C=O) groups excluding carboxylic acids is 2. The highest BCUT2D eigenvalue weighted by molar-refractivity contribution is 7.12. The molecule has 1 fully saturated rings. The fraction of sp³-hybridized carbons (Fsp3) is 0.556. The maximum absolute atomic E-state index is 12.3. The van der Waals surface area contributed by atoms with Crippen molar-refractivity contribution in [1.29, 1.82) is 0 Å². The second-order valence-electron chi connectivity index (χ2n) is 6.68. The summed E-state index contributed by atoms with van der Waals surface area (Å²) in [7, 11) is 1.84. The van der Waals surface area contributed by atoms with Crippen LogP contribution in [-0.4, -0.2) is 63.7 Å². The van der Waals surface area contributed by atoms with Crippen LogP contribution in [0.3, 0.4) is 0 Å².